The Balaban J connectivity index is 1.64. The molecule has 6 heteroatoms. The van der Waals surface area contributed by atoms with E-state index < -0.39 is 6.10 Å². The molecule has 2 N–H and O–H groups in total. The first-order chi connectivity index (χ1) is 9.66. The predicted molar refractivity (Wildman–Crippen MR) is 77.5 cm³/mol. The number of amides is 1. The summed E-state index contributed by atoms with van der Waals surface area (Å²) in [4.78, 5) is 21.0. The summed E-state index contributed by atoms with van der Waals surface area (Å²) < 4.78 is 0. The molecule has 108 valence electrons. The molecule has 2 heterocycles. The van der Waals surface area contributed by atoms with Gasteiger partial charge in [0, 0.05) is 31.9 Å². The van der Waals surface area contributed by atoms with Crippen molar-refractivity contribution in [3.63, 3.8) is 0 Å². The topological polar surface area (TPSA) is 75.6 Å². The van der Waals surface area contributed by atoms with E-state index in [4.69, 9.17) is 4.84 Å². The van der Waals surface area contributed by atoms with Gasteiger partial charge in [0.25, 0.3) is 5.91 Å². The maximum atomic E-state index is 11.9. The molecular formula is C14H20N4O2. The second kappa shape index (κ2) is 6.88. The van der Waals surface area contributed by atoms with Gasteiger partial charge in [0.2, 0.25) is 6.10 Å². The number of hydrogen-bond donors (Lipinski definition) is 2. The molecule has 0 saturated heterocycles. The second-order valence-electron chi connectivity index (χ2n) is 5.00. The van der Waals surface area contributed by atoms with E-state index in [0.717, 1.165) is 11.4 Å². The lowest BCUT2D eigenvalue weighted by Crippen LogP contribution is -2.37. The predicted octanol–water partition coefficient (Wildman–Crippen LogP) is 1.41. The van der Waals surface area contributed by atoms with Gasteiger partial charge in [-0.3, -0.25) is 9.78 Å². The van der Waals surface area contributed by atoms with E-state index in [9.17, 15) is 4.79 Å². The van der Waals surface area contributed by atoms with E-state index >= 15 is 0 Å². The fourth-order valence-electron chi connectivity index (χ4n) is 1.85. The number of hydrogen-bond acceptors (Lipinski definition) is 5. The van der Waals surface area contributed by atoms with Gasteiger partial charge in [0.05, 0.1) is 11.4 Å². The number of anilines is 1. The normalized spacial score (nSPS) is 17.6. The molecule has 2 rings (SSSR count). The van der Waals surface area contributed by atoms with Crippen LogP contribution in [0.25, 0.3) is 0 Å². The number of rotatable bonds is 6. The molecule has 1 aliphatic rings. The van der Waals surface area contributed by atoms with Crippen LogP contribution in [-0.4, -0.2) is 35.8 Å². The van der Waals surface area contributed by atoms with Gasteiger partial charge in [-0.05, 0) is 18.1 Å². The van der Waals surface area contributed by atoms with Crippen LogP contribution in [0.1, 0.15) is 20.3 Å². The lowest BCUT2D eigenvalue weighted by molar-refractivity contribution is -0.131. The van der Waals surface area contributed by atoms with Crippen molar-refractivity contribution in [3.05, 3.63) is 24.5 Å². The molecule has 1 amide bonds. The molecule has 1 aromatic heterocycles. The Labute approximate surface area is 118 Å². The maximum absolute atomic E-state index is 11.9. The molecule has 1 aliphatic heterocycles. The van der Waals surface area contributed by atoms with Crippen molar-refractivity contribution in [3.8, 4) is 0 Å². The minimum absolute atomic E-state index is 0.114. The molecule has 0 aromatic carbocycles. The molecule has 0 radical (unpaired) electrons. The third-order valence-corrected chi connectivity index (χ3v) is 3.07. The lowest BCUT2D eigenvalue weighted by atomic mass is 10.0. The van der Waals surface area contributed by atoms with Crippen LogP contribution < -0.4 is 10.6 Å². The van der Waals surface area contributed by atoms with Crippen molar-refractivity contribution >= 4 is 17.3 Å². The molecule has 20 heavy (non-hydrogen) atoms. The monoisotopic (exact) mass is 276 g/mol. The summed E-state index contributed by atoms with van der Waals surface area (Å²) in [5.41, 5.74) is 1.88. The third-order valence-electron chi connectivity index (χ3n) is 3.07. The molecule has 1 unspecified atom stereocenters. The van der Waals surface area contributed by atoms with Crippen LogP contribution in [0.3, 0.4) is 0 Å². The van der Waals surface area contributed by atoms with E-state index in [1.54, 1.807) is 12.4 Å². The highest BCUT2D eigenvalue weighted by molar-refractivity contribution is 5.93. The average molecular weight is 276 g/mol. The fraction of sp³-hybridized carbons (Fsp3) is 0.500. The molecule has 1 aromatic rings. The first-order valence-electron chi connectivity index (χ1n) is 6.81. The lowest BCUT2D eigenvalue weighted by Gasteiger charge is -2.10. The molecule has 1 atom stereocenters. The summed E-state index contributed by atoms with van der Waals surface area (Å²) in [5, 5.41) is 9.95. The number of aromatic nitrogens is 1. The first kappa shape index (κ1) is 14.3. The van der Waals surface area contributed by atoms with Crippen LogP contribution in [0, 0.1) is 5.92 Å². The van der Waals surface area contributed by atoms with Crippen LogP contribution in [0.15, 0.2) is 29.7 Å². The Bertz CT molecular complexity index is 473. The van der Waals surface area contributed by atoms with Crippen LogP contribution in [0.2, 0.25) is 0 Å². The molecule has 0 fully saturated rings. The largest absolute Gasteiger partial charge is 0.382 e. The van der Waals surface area contributed by atoms with E-state index in [0.29, 0.717) is 25.4 Å². The Morgan fingerprint density at radius 1 is 1.50 bits per heavy atom. The van der Waals surface area contributed by atoms with Crippen LogP contribution in [0.5, 0.6) is 0 Å². The summed E-state index contributed by atoms with van der Waals surface area (Å²) in [6.45, 7) is 5.26. The van der Waals surface area contributed by atoms with E-state index in [2.05, 4.69) is 20.8 Å². The first-order valence-corrected chi connectivity index (χ1v) is 6.81. The van der Waals surface area contributed by atoms with Crippen molar-refractivity contribution < 1.29 is 9.63 Å². The molecule has 6 nitrogen and oxygen atoms in total. The van der Waals surface area contributed by atoms with Gasteiger partial charge >= 0.3 is 0 Å². The zero-order valence-electron chi connectivity index (χ0n) is 11.8. The number of carbonyl (C=O) groups is 1. The van der Waals surface area contributed by atoms with Crippen molar-refractivity contribution in [2.24, 2.45) is 11.1 Å². The summed E-state index contributed by atoms with van der Waals surface area (Å²) in [7, 11) is 0. The Hall–Kier alpha value is -2.11. The van der Waals surface area contributed by atoms with Gasteiger partial charge in [-0.15, -0.1) is 0 Å². The maximum Gasteiger partial charge on any atom is 0.264 e. The van der Waals surface area contributed by atoms with Gasteiger partial charge < -0.3 is 15.5 Å². The summed E-state index contributed by atoms with van der Waals surface area (Å²) >= 11 is 0. The Morgan fingerprint density at radius 3 is 3.00 bits per heavy atom. The van der Waals surface area contributed by atoms with E-state index in [-0.39, 0.29) is 5.91 Å². The smallest absolute Gasteiger partial charge is 0.264 e. The van der Waals surface area contributed by atoms with Gasteiger partial charge in [0.1, 0.15) is 0 Å². The summed E-state index contributed by atoms with van der Waals surface area (Å²) in [5.74, 6) is 0.206. The zero-order chi connectivity index (χ0) is 14.4. The molecule has 0 spiro atoms. The van der Waals surface area contributed by atoms with Gasteiger partial charge in [-0.2, -0.15) is 0 Å². The van der Waals surface area contributed by atoms with E-state index in [1.807, 2.05) is 26.0 Å². The zero-order valence-corrected chi connectivity index (χ0v) is 11.8. The van der Waals surface area contributed by atoms with Gasteiger partial charge in [0.15, 0.2) is 0 Å². The highest BCUT2D eigenvalue weighted by Crippen LogP contribution is 2.15. The highest BCUT2D eigenvalue weighted by atomic mass is 16.6. The van der Waals surface area contributed by atoms with Crippen molar-refractivity contribution in [2.45, 2.75) is 26.4 Å². The second-order valence-corrected chi connectivity index (χ2v) is 5.00. The van der Waals surface area contributed by atoms with Crippen molar-refractivity contribution in [1.29, 1.82) is 0 Å². The number of oxime groups is 1. The van der Waals surface area contributed by atoms with Crippen LogP contribution in [-0.2, 0) is 9.63 Å². The van der Waals surface area contributed by atoms with Gasteiger partial charge in [-0.1, -0.05) is 19.0 Å². The molecule has 0 aliphatic carbocycles. The Morgan fingerprint density at radius 2 is 2.35 bits per heavy atom. The summed E-state index contributed by atoms with van der Waals surface area (Å²) in [6.07, 6.45) is 3.56. The van der Waals surface area contributed by atoms with E-state index in [1.165, 1.54) is 0 Å². The standard InChI is InChI=1S/C14H20N4O2/c1-10(2)12-8-13(20-18-12)14(19)17-7-6-16-11-4-3-5-15-9-11/h3-5,9-10,13,16H,6-8H2,1-2H3,(H,17,19). The quantitative estimate of drug-likeness (QED) is 0.770. The fourth-order valence-corrected chi connectivity index (χ4v) is 1.85. The SMILES string of the molecule is CC(C)C1=NOC(C(=O)NCCNc2cccnc2)C1. The minimum atomic E-state index is -0.481. The van der Waals surface area contributed by atoms with Gasteiger partial charge in [-0.25, -0.2) is 0 Å². The molecule has 0 bridgehead atoms. The average Bonchev–Trinajstić information content (AvgIpc) is 2.94. The third kappa shape index (κ3) is 3.94. The summed E-state index contributed by atoms with van der Waals surface area (Å²) in [6, 6.07) is 3.79. The Kier molecular flexibility index (Phi) is 4.92. The van der Waals surface area contributed by atoms with Crippen LogP contribution >= 0.6 is 0 Å². The minimum Gasteiger partial charge on any atom is -0.382 e. The highest BCUT2D eigenvalue weighted by Gasteiger charge is 2.28. The number of carbonyl (C=O) groups excluding carboxylic acids is 1. The molecular weight excluding hydrogens is 256 g/mol. The van der Waals surface area contributed by atoms with Crippen LogP contribution in [0.4, 0.5) is 5.69 Å². The van der Waals surface area contributed by atoms with Crippen molar-refractivity contribution in [1.82, 2.24) is 10.3 Å². The number of nitrogens with zero attached hydrogens (tertiary/aromatic N) is 2. The van der Waals surface area contributed by atoms with Crippen molar-refractivity contribution in [2.75, 3.05) is 18.4 Å². The number of nitrogens with one attached hydrogen (secondary N) is 2. The molecule has 0 saturated carbocycles. The number of pyridine rings is 1.